The van der Waals surface area contributed by atoms with Gasteiger partial charge in [-0.05, 0) is 67.4 Å². The first kappa shape index (κ1) is 21.9. The Balaban J connectivity index is 1.37. The van der Waals surface area contributed by atoms with E-state index >= 15 is 0 Å². The molecule has 0 radical (unpaired) electrons. The van der Waals surface area contributed by atoms with Crippen molar-refractivity contribution >= 4 is 28.5 Å². The summed E-state index contributed by atoms with van der Waals surface area (Å²) in [7, 11) is 0. The number of carbonyl (C=O) groups excluding carboxylic acids is 1. The van der Waals surface area contributed by atoms with E-state index in [4.69, 9.17) is 21.3 Å². The molecule has 5 nitrogen and oxygen atoms in total. The molecule has 4 aromatic rings. The maximum absolute atomic E-state index is 12.4. The molecular formula is C26H26ClN3O2. The minimum absolute atomic E-state index is 0.115. The van der Waals surface area contributed by atoms with Gasteiger partial charge in [-0.15, -0.1) is 0 Å². The van der Waals surface area contributed by atoms with Crippen molar-refractivity contribution in [1.82, 2.24) is 14.9 Å². The second kappa shape index (κ2) is 10.3. The Morgan fingerprint density at radius 1 is 1.06 bits per heavy atom. The molecule has 32 heavy (non-hydrogen) atoms. The van der Waals surface area contributed by atoms with Crippen molar-refractivity contribution in [1.29, 1.82) is 0 Å². The fraction of sp³-hybridized carbons (Fsp3) is 0.231. The lowest BCUT2D eigenvalue weighted by atomic mass is 10.2. The van der Waals surface area contributed by atoms with Gasteiger partial charge in [0.15, 0.2) is 0 Å². The van der Waals surface area contributed by atoms with Gasteiger partial charge in [-0.1, -0.05) is 35.9 Å². The lowest BCUT2D eigenvalue weighted by molar-refractivity contribution is 0.0954. The summed E-state index contributed by atoms with van der Waals surface area (Å²) in [5.41, 5.74) is 3.84. The minimum atomic E-state index is -0.115. The molecule has 164 valence electrons. The Kier molecular flexibility index (Phi) is 7.07. The number of para-hydroxylation sites is 2. The summed E-state index contributed by atoms with van der Waals surface area (Å²) < 4.78 is 8.13. The molecule has 0 saturated carbocycles. The minimum Gasteiger partial charge on any atom is -0.494 e. The maximum atomic E-state index is 12.4. The first-order valence-electron chi connectivity index (χ1n) is 10.8. The number of rotatable bonds is 9. The fourth-order valence-electron chi connectivity index (χ4n) is 3.67. The number of halogens is 1. The molecule has 0 aliphatic carbocycles. The summed E-state index contributed by atoms with van der Waals surface area (Å²) in [5.74, 6) is 1.74. The van der Waals surface area contributed by atoms with E-state index in [-0.39, 0.29) is 5.91 Å². The molecule has 1 N–H and O–H groups in total. The molecule has 0 unspecified atom stereocenters. The Bertz CT molecular complexity index is 1200. The predicted octanol–water partition coefficient (Wildman–Crippen LogP) is 5.44. The SMILES string of the molecule is Cc1cccc(OCCCn2c(CCNC(=O)c3ccc(Cl)cc3)nc3ccccc32)c1. The van der Waals surface area contributed by atoms with Crippen molar-refractivity contribution in [2.75, 3.05) is 13.2 Å². The normalized spacial score (nSPS) is 10.9. The van der Waals surface area contributed by atoms with Crippen LogP contribution in [0.15, 0.2) is 72.8 Å². The van der Waals surface area contributed by atoms with Crippen LogP contribution < -0.4 is 10.1 Å². The number of nitrogens with one attached hydrogen (secondary N) is 1. The van der Waals surface area contributed by atoms with Gasteiger partial charge in [0.25, 0.3) is 5.91 Å². The second-order valence-electron chi connectivity index (χ2n) is 7.70. The van der Waals surface area contributed by atoms with Crippen LogP contribution in [-0.4, -0.2) is 28.6 Å². The number of benzene rings is 3. The Morgan fingerprint density at radius 2 is 1.88 bits per heavy atom. The number of hydrogen-bond acceptors (Lipinski definition) is 3. The third-order valence-corrected chi connectivity index (χ3v) is 5.51. The molecule has 0 fully saturated rings. The summed E-state index contributed by atoms with van der Waals surface area (Å²) in [6.45, 7) is 3.99. The van der Waals surface area contributed by atoms with Crippen LogP contribution in [0.25, 0.3) is 11.0 Å². The monoisotopic (exact) mass is 447 g/mol. The number of aryl methyl sites for hydroxylation is 2. The molecule has 0 aliphatic heterocycles. The van der Waals surface area contributed by atoms with Crippen molar-refractivity contribution in [3.63, 3.8) is 0 Å². The lowest BCUT2D eigenvalue weighted by Crippen LogP contribution is -2.26. The van der Waals surface area contributed by atoms with Gasteiger partial charge < -0.3 is 14.6 Å². The van der Waals surface area contributed by atoms with Gasteiger partial charge in [0, 0.05) is 30.1 Å². The van der Waals surface area contributed by atoms with Crippen LogP contribution in [0.4, 0.5) is 0 Å². The molecule has 0 saturated heterocycles. The number of amides is 1. The zero-order valence-electron chi connectivity index (χ0n) is 18.1. The van der Waals surface area contributed by atoms with Crippen LogP contribution in [0.5, 0.6) is 5.75 Å². The van der Waals surface area contributed by atoms with Crippen molar-refractivity contribution in [2.45, 2.75) is 26.3 Å². The zero-order valence-corrected chi connectivity index (χ0v) is 18.8. The quantitative estimate of drug-likeness (QED) is 0.347. The summed E-state index contributed by atoms with van der Waals surface area (Å²) in [4.78, 5) is 17.2. The van der Waals surface area contributed by atoms with E-state index in [1.165, 1.54) is 5.56 Å². The number of hydrogen-bond donors (Lipinski definition) is 1. The topological polar surface area (TPSA) is 56.1 Å². The number of fused-ring (bicyclic) bond motifs is 1. The van der Waals surface area contributed by atoms with Gasteiger partial charge >= 0.3 is 0 Å². The third kappa shape index (κ3) is 5.48. The zero-order chi connectivity index (χ0) is 22.3. The molecule has 1 amide bonds. The first-order chi connectivity index (χ1) is 15.6. The molecular weight excluding hydrogens is 422 g/mol. The van der Waals surface area contributed by atoms with Crippen LogP contribution in [0.2, 0.25) is 5.02 Å². The van der Waals surface area contributed by atoms with E-state index in [9.17, 15) is 4.79 Å². The van der Waals surface area contributed by atoms with Crippen LogP contribution in [0.3, 0.4) is 0 Å². The number of aromatic nitrogens is 2. The molecule has 3 aromatic carbocycles. The average molecular weight is 448 g/mol. The average Bonchev–Trinajstić information content (AvgIpc) is 3.14. The first-order valence-corrected chi connectivity index (χ1v) is 11.2. The van der Waals surface area contributed by atoms with Crippen LogP contribution in [0, 0.1) is 6.92 Å². The summed E-state index contributed by atoms with van der Waals surface area (Å²) in [5, 5.41) is 3.59. The van der Waals surface area contributed by atoms with Gasteiger partial charge in [-0.25, -0.2) is 4.98 Å². The Hall–Kier alpha value is -3.31. The van der Waals surface area contributed by atoms with Gasteiger partial charge in [0.2, 0.25) is 0 Å². The van der Waals surface area contributed by atoms with Crippen molar-refractivity contribution < 1.29 is 9.53 Å². The molecule has 1 heterocycles. The van der Waals surface area contributed by atoms with E-state index in [1.807, 2.05) is 36.4 Å². The molecule has 0 aliphatic rings. The van der Waals surface area contributed by atoms with Crippen molar-refractivity contribution in [2.24, 2.45) is 0 Å². The summed E-state index contributed by atoms with van der Waals surface area (Å²) in [6, 6.07) is 23.1. The van der Waals surface area contributed by atoms with Crippen molar-refractivity contribution in [3.8, 4) is 5.75 Å². The van der Waals surface area contributed by atoms with E-state index in [0.29, 0.717) is 30.2 Å². The molecule has 6 heteroatoms. The molecule has 4 rings (SSSR count). The van der Waals surface area contributed by atoms with Gasteiger partial charge in [-0.2, -0.15) is 0 Å². The van der Waals surface area contributed by atoms with E-state index < -0.39 is 0 Å². The van der Waals surface area contributed by atoms with Crippen LogP contribution in [-0.2, 0) is 13.0 Å². The highest BCUT2D eigenvalue weighted by molar-refractivity contribution is 6.30. The Morgan fingerprint density at radius 3 is 2.69 bits per heavy atom. The van der Waals surface area contributed by atoms with Crippen molar-refractivity contribution in [3.05, 3.63) is 94.8 Å². The van der Waals surface area contributed by atoms with E-state index in [0.717, 1.165) is 35.6 Å². The maximum Gasteiger partial charge on any atom is 0.251 e. The second-order valence-corrected chi connectivity index (χ2v) is 8.14. The summed E-state index contributed by atoms with van der Waals surface area (Å²) in [6.07, 6.45) is 1.51. The molecule has 0 spiro atoms. The predicted molar refractivity (Wildman–Crippen MR) is 129 cm³/mol. The molecule has 0 atom stereocenters. The van der Waals surface area contributed by atoms with E-state index in [1.54, 1.807) is 24.3 Å². The standard InChI is InChI=1S/C26H26ClN3O2/c1-19-6-4-7-22(18-19)32-17-5-16-30-24-9-3-2-8-23(24)29-25(30)14-15-28-26(31)20-10-12-21(27)13-11-20/h2-4,6-13,18H,5,14-17H2,1H3,(H,28,31). The smallest absolute Gasteiger partial charge is 0.251 e. The number of imidazole rings is 1. The largest absolute Gasteiger partial charge is 0.494 e. The van der Waals surface area contributed by atoms with Crippen LogP contribution >= 0.6 is 11.6 Å². The highest BCUT2D eigenvalue weighted by atomic mass is 35.5. The number of ether oxygens (including phenoxy) is 1. The fourth-order valence-corrected chi connectivity index (χ4v) is 3.80. The number of nitrogens with zero attached hydrogens (tertiary/aromatic N) is 2. The molecule has 1 aromatic heterocycles. The van der Waals surface area contributed by atoms with Gasteiger partial charge in [0.1, 0.15) is 11.6 Å². The lowest BCUT2D eigenvalue weighted by Gasteiger charge is -2.11. The molecule has 0 bridgehead atoms. The highest BCUT2D eigenvalue weighted by Crippen LogP contribution is 2.18. The number of carbonyl (C=O) groups is 1. The van der Waals surface area contributed by atoms with Crippen LogP contribution in [0.1, 0.15) is 28.2 Å². The Labute approximate surface area is 193 Å². The highest BCUT2D eigenvalue weighted by Gasteiger charge is 2.11. The summed E-state index contributed by atoms with van der Waals surface area (Å²) >= 11 is 5.90. The third-order valence-electron chi connectivity index (χ3n) is 5.26. The van der Waals surface area contributed by atoms with Gasteiger partial charge in [-0.3, -0.25) is 4.79 Å². The van der Waals surface area contributed by atoms with Gasteiger partial charge in [0.05, 0.1) is 17.6 Å². The van der Waals surface area contributed by atoms with E-state index in [2.05, 4.69) is 28.9 Å².